The van der Waals surface area contributed by atoms with Crippen molar-refractivity contribution >= 4 is 98.4 Å². The van der Waals surface area contributed by atoms with Gasteiger partial charge >= 0.3 is 0 Å². The quantitative estimate of drug-likeness (QED) is 0.132. The third-order valence-corrected chi connectivity index (χ3v) is 9.94. The average Bonchev–Trinajstić information content (AvgIpc) is 3.08. The second kappa shape index (κ2) is 8.91. The normalized spacial score (nSPS) is 11.3. The molecule has 0 spiro atoms. The second-order valence-electron chi connectivity index (χ2n) is 6.91. The van der Waals surface area contributed by atoms with Crippen molar-refractivity contribution in [3.05, 3.63) is 101 Å². The lowest BCUT2D eigenvalue weighted by Crippen LogP contribution is -2.01. The highest BCUT2D eigenvalue weighted by atomic mass is 127. The molecule has 0 radical (unpaired) electrons. The number of ether oxygens (including phenoxy) is 1. The topological polar surface area (TPSA) is 9.23 Å². The van der Waals surface area contributed by atoms with Crippen LogP contribution in [0.15, 0.2) is 84.9 Å². The van der Waals surface area contributed by atoms with Gasteiger partial charge in [0.15, 0.2) is 14.3 Å². The molecule has 5 heteroatoms. The largest absolute Gasteiger partial charge is 0.489 e. The van der Waals surface area contributed by atoms with Crippen LogP contribution < -0.4 is 4.74 Å². The van der Waals surface area contributed by atoms with Gasteiger partial charge in [-0.05, 0) is 116 Å². The van der Waals surface area contributed by atoms with Crippen molar-refractivity contribution in [2.45, 2.75) is 6.61 Å². The first-order valence-electron chi connectivity index (χ1n) is 9.41. The van der Waals surface area contributed by atoms with Gasteiger partial charge in [0.1, 0.15) is 12.4 Å². The van der Waals surface area contributed by atoms with Crippen LogP contribution in [0.2, 0.25) is 0 Å². The molecule has 0 aliphatic rings. The van der Waals surface area contributed by atoms with E-state index in [9.17, 15) is 0 Å². The molecule has 1 aromatic heterocycles. The van der Waals surface area contributed by atoms with E-state index < -0.39 is 0 Å². The summed E-state index contributed by atoms with van der Waals surface area (Å²) in [5.41, 5.74) is 1.25. The molecule has 30 heavy (non-hydrogen) atoms. The molecule has 5 aromatic rings. The summed E-state index contributed by atoms with van der Waals surface area (Å²) in [4.78, 5) is 1.33. The fourth-order valence-electron chi connectivity index (χ4n) is 3.64. The van der Waals surface area contributed by atoms with Crippen molar-refractivity contribution < 1.29 is 4.74 Å². The molecular formula is C25H16I3OS+. The maximum atomic E-state index is 6.14. The Bertz CT molecular complexity index is 1300. The third-order valence-electron chi connectivity index (χ3n) is 5.05. The molecule has 148 valence electrons. The number of fused-ring (bicyclic) bond motifs is 3. The summed E-state index contributed by atoms with van der Waals surface area (Å²) >= 11 is 7.16. The zero-order valence-electron chi connectivity index (χ0n) is 15.7. The van der Waals surface area contributed by atoms with Crippen LogP contribution in [-0.4, -0.2) is 0 Å². The summed E-state index contributed by atoms with van der Waals surface area (Å²) in [6.07, 6.45) is 0. The van der Waals surface area contributed by atoms with Gasteiger partial charge in [-0.25, -0.2) is 0 Å². The Morgan fingerprint density at radius 1 is 0.667 bits per heavy atom. The highest BCUT2D eigenvalue weighted by Crippen LogP contribution is 2.48. The summed E-state index contributed by atoms with van der Waals surface area (Å²) < 4.78 is 12.7. The fraction of sp³-hybridized carbons (Fsp3) is 0.0400. The zero-order chi connectivity index (χ0) is 20.7. The minimum absolute atomic E-state index is 0.0575. The Morgan fingerprint density at radius 2 is 1.20 bits per heavy atom. The Balaban J connectivity index is 1.47. The number of benzene rings is 4. The van der Waals surface area contributed by atoms with Crippen LogP contribution in [0.1, 0.15) is 5.56 Å². The van der Waals surface area contributed by atoms with Crippen molar-refractivity contribution in [2.24, 2.45) is 0 Å². The summed E-state index contributed by atoms with van der Waals surface area (Å²) in [6.45, 7) is 0.587. The molecule has 0 saturated heterocycles. The molecule has 1 nitrogen and oxygen atoms in total. The lowest BCUT2D eigenvalue weighted by Gasteiger charge is -2.10. The lowest BCUT2D eigenvalue weighted by molar-refractivity contribution is 0.304. The summed E-state index contributed by atoms with van der Waals surface area (Å²) in [5.74, 6) is 0.910. The van der Waals surface area contributed by atoms with Crippen LogP contribution in [0.4, 0.5) is 0 Å². The standard InChI is InChI=1S/C25H16I3OS/c26-16-13-22(27)21(23(28)14-16)15-29-17-9-11-18(12-10-17)30-24-7-3-1-5-19(24)20-6-2-4-8-25(20)30/h1-14H,15H2/q+1. The summed E-state index contributed by atoms with van der Waals surface area (Å²) in [7, 11) is -0.0575. The SMILES string of the molecule is Ic1cc(I)c(COc2ccc(-[s+]3c4ccccc4c4ccccc43)cc2)c(I)c1. The minimum Gasteiger partial charge on any atom is -0.489 e. The summed E-state index contributed by atoms with van der Waals surface area (Å²) in [5, 5.41) is 2.72. The first kappa shape index (κ1) is 21.0. The van der Waals surface area contributed by atoms with Crippen LogP contribution in [-0.2, 0) is 6.61 Å². The highest BCUT2D eigenvalue weighted by Gasteiger charge is 2.22. The number of hydrogen-bond donors (Lipinski definition) is 0. The molecule has 4 aromatic carbocycles. The van der Waals surface area contributed by atoms with Gasteiger partial charge in [-0.3, -0.25) is 0 Å². The van der Waals surface area contributed by atoms with E-state index in [4.69, 9.17) is 4.74 Å². The van der Waals surface area contributed by atoms with Gasteiger partial charge < -0.3 is 4.74 Å². The van der Waals surface area contributed by atoms with Crippen molar-refractivity contribution in [1.29, 1.82) is 0 Å². The van der Waals surface area contributed by atoms with E-state index in [0.29, 0.717) is 6.61 Å². The van der Waals surface area contributed by atoms with Gasteiger partial charge in [-0.15, -0.1) is 0 Å². The van der Waals surface area contributed by atoms with Crippen molar-refractivity contribution in [3.63, 3.8) is 0 Å². The molecule has 0 unspecified atom stereocenters. The number of rotatable bonds is 4. The van der Waals surface area contributed by atoms with Crippen LogP contribution in [0.5, 0.6) is 5.75 Å². The monoisotopic (exact) mass is 745 g/mol. The fourth-order valence-corrected chi connectivity index (χ4v) is 9.92. The molecule has 0 aliphatic heterocycles. The first-order valence-corrected chi connectivity index (χ1v) is 13.9. The van der Waals surface area contributed by atoms with Crippen LogP contribution in [0.25, 0.3) is 25.1 Å². The number of hydrogen-bond acceptors (Lipinski definition) is 1. The van der Waals surface area contributed by atoms with E-state index >= 15 is 0 Å². The highest BCUT2D eigenvalue weighted by molar-refractivity contribution is 14.1. The Kier molecular flexibility index (Phi) is 6.23. The van der Waals surface area contributed by atoms with Crippen LogP contribution in [0.3, 0.4) is 0 Å². The Labute approximate surface area is 219 Å². The van der Waals surface area contributed by atoms with Crippen molar-refractivity contribution in [1.82, 2.24) is 0 Å². The molecule has 0 aliphatic carbocycles. The molecule has 0 saturated carbocycles. The molecule has 0 N–H and O–H groups in total. The molecule has 0 bridgehead atoms. The van der Waals surface area contributed by atoms with E-state index in [1.165, 1.54) is 41.3 Å². The minimum atomic E-state index is -0.0575. The first-order chi connectivity index (χ1) is 14.6. The van der Waals surface area contributed by atoms with Gasteiger partial charge in [0, 0.05) is 49.6 Å². The predicted molar refractivity (Wildman–Crippen MR) is 154 cm³/mol. The number of thiophene rings is 1. The average molecular weight is 745 g/mol. The van der Waals surface area contributed by atoms with E-state index in [1.807, 2.05) is 0 Å². The zero-order valence-corrected chi connectivity index (χ0v) is 23.0. The Hall–Kier alpha value is -0.910. The van der Waals surface area contributed by atoms with Gasteiger partial charge in [0.05, 0.1) is 0 Å². The predicted octanol–water partition coefficient (Wildman–Crippen LogP) is 9.12. The molecule has 0 atom stereocenters. The van der Waals surface area contributed by atoms with Gasteiger partial charge in [0.25, 0.3) is 0 Å². The lowest BCUT2D eigenvalue weighted by atomic mass is 10.2. The van der Waals surface area contributed by atoms with Gasteiger partial charge in [-0.2, -0.15) is 0 Å². The van der Waals surface area contributed by atoms with Crippen LogP contribution in [0, 0.1) is 10.7 Å². The maximum absolute atomic E-state index is 6.14. The number of halogens is 3. The molecule has 0 fully saturated rings. The maximum Gasteiger partial charge on any atom is 0.187 e. The van der Waals surface area contributed by atoms with Crippen molar-refractivity contribution in [2.75, 3.05) is 0 Å². The van der Waals surface area contributed by atoms with E-state index in [1.54, 1.807) is 0 Å². The molecule has 0 amide bonds. The van der Waals surface area contributed by atoms with Gasteiger partial charge in [-0.1, -0.05) is 24.3 Å². The van der Waals surface area contributed by atoms with E-state index in [0.717, 1.165) is 5.75 Å². The smallest absolute Gasteiger partial charge is 0.187 e. The van der Waals surface area contributed by atoms with Crippen LogP contribution >= 0.6 is 78.2 Å². The second-order valence-corrected chi connectivity index (χ2v) is 12.4. The van der Waals surface area contributed by atoms with Gasteiger partial charge in [0.2, 0.25) is 0 Å². The summed E-state index contributed by atoms with van der Waals surface area (Å²) in [6, 6.07) is 30.6. The third kappa shape index (κ3) is 3.98. The Morgan fingerprint density at radius 3 is 1.77 bits per heavy atom. The molecular weight excluding hydrogens is 729 g/mol. The van der Waals surface area contributed by atoms with E-state index in [-0.39, 0.29) is 10.5 Å². The molecule has 5 rings (SSSR count). The van der Waals surface area contributed by atoms with Crippen molar-refractivity contribution in [3.8, 4) is 10.6 Å². The van der Waals surface area contributed by atoms with E-state index in [2.05, 4.69) is 153 Å². The molecule has 1 heterocycles.